The van der Waals surface area contributed by atoms with Gasteiger partial charge in [-0.25, -0.2) is 0 Å². The molecule has 0 aliphatic carbocycles. The minimum atomic E-state index is -1.47. The number of nitrogens with one attached hydrogen (secondary N) is 1. The smallest absolute Gasteiger partial charge is 0.550 e. The molecule has 7 nitrogen and oxygen atoms in total. The number of hydrogen-bond donors (Lipinski definition) is 1. The number of carboxylic acids is 2. The second kappa shape index (κ2) is 24.7. The van der Waals surface area contributed by atoms with Gasteiger partial charge in [0.15, 0.2) is 0 Å². The van der Waals surface area contributed by atoms with E-state index in [0.29, 0.717) is 6.42 Å². The molecule has 0 unspecified atom stereocenters. The van der Waals surface area contributed by atoms with Crippen molar-refractivity contribution in [3.05, 3.63) is 0 Å². The van der Waals surface area contributed by atoms with E-state index in [4.69, 9.17) is 0 Å². The number of carboxylic acid groups (broad SMARTS) is 2. The van der Waals surface area contributed by atoms with Crippen LogP contribution in [0, 0.1) is 0 Å². The van der Waals surface area contributed by atoms with Gasteiger partial charge in [0.25, 0.3) is 0 Å². The van der Waals surface area contributed by atoms with Gasteiger partial charge in [-0.3, -0.25) is 4.79 Å². The van der Waals surface area contributed by atoms with Crippen LogP contribution in [0.2, 0.25) is 0 Å². The van der Waals surface area contributed by atoms with Crippen molar-refractivity contribution in [1.82, 2.24) is 5.32 Å². The second-order valence-electron chi connectivity index (χ2n) is 5.93. The Morgan fingerprint density at radius 1 is 0.808 bits per heavy atom. The summed E-state index contributed by atoms with van der Waals surface area (Å²) in [5, 5.41) is 23.5. The molecular formula is C17H31K2NO6. The molecule has 26 heavy (non-hydrogen) atoms. The van der Waals surface area contributed by atoms with Crippen molar-refractivity contribution in [2.24, 2.45) is 0 Å². The van der Waals surface area contributed by atoms with Crippen LogP contribution < -0.4 is 118 Å². The van der Waals surface area contributed by atoms with Crippen LogP contribution in [0.5, 0.6) is 0 Å². The molecular weight excluding hydrogens is 392 g/mol. The zero-order valence-corrected chi connectivity index (χ0v) is 22.9. The Bertz CT molecular complexity index is 369. The van der Waals surface area contributed by atoms with Crippen LogP contribution >= 0.6 is 0 Å². The van der Waals surface area contributed by atoms with E-state index in [9.17, 15) is 24.6 Å². The van der Waals surface area contributed by atoms with E-state index in [1.165, 1.54) is 38.5 Å². The molecule has 0 aromatic rings. The fourth-order valence-electron chi connectivity index (χ4n) is 2.37. The molecule has 0 saturated carbocycles. The molecule has 1 amide bonds. The van der Waals surface area contributed by atoms with Crippen LogP contribution in [-0.2, 0) is 14.4 Å². The summed E-state index contributed by atoms with van der Waals surface area (Å²) in [6, 6.07) is -1.26. The van der Waals surface area contributed by atoms with E-state index < -0.39 is 24.4 Å². The number of carbonyl (C=O) groups is 3. The number of rotatable bonds is 15. The van der Waals surface area contributed by atoms with E-state index in [1.54, 1.807) is 0 Å². The maximum absolute atomic E-state index is 11.6. The third-order valence-corrected chi connectivity index (χ3v) is 3.76. The largest absolute Gasteiger partial charge is 1.00 e. The summed E-state index contributed by atoms with van der Waals surface area (Å²) in [5.41, 5.74) is 0. The maximum atomic E-state index is 11.6. The van der Waals surface area contributed by atoms with Gasteiger partial charge in [0.05, 0.1) is 12.0 Å². The van der Waals surface area contributed by atoms with Gasteiger partial charge in [-0.05, 0) is 19.3 Å². The van der Waals surface area contributed by atoms with E-state index in [1.807, 2.05) is 0 Å². The van der Waals surface area contributed by atoms with Gasteiger partial charge in [0.1, 0.15) is 0 Å². The molecule has 0 aromatic carbocycles. The first kappa shape index (κ1) is 35.1. The van der Waals surface area contributed by atoms with Gasteiger partial charge >= 0.3 is 103 Å². The van der Waals surface area contributed by atoms with Crippen molar-refractivity contribution in [2.75, 3.05) is 0 Å². The number of carbonyl (C=O) groups excluding carboxylic acids is 3. The predicted octanol–water partition coefficient (Wildman–Crippen LogP) is -6.14. The zero-order chi connectivity index (χ0) is 17.5. The summed E-state index contributed by atoms with van der Waals surface area (Å²) in [4.78, 5) is 32.8. The van der Waals surface area contributed by atoms with Crippen molar-refractivity contribution >= 4 is 17.8 Å². The Kier molecular flexibility index (Phi) is 33.3. The monoisotopic (exact) mass is 423 g/mol. The van der Waals surface area contributed by atoms with Crippen molar-refractivity contribution in [3.63, 3.8) is 0 Å². The Balaban J connectivity index is -0.000000807. The van der Waals surface area contributed by atoms with Gasteiger partial charge in [-0.2, -0.15) is 0 Å². The van der Waals surface area contributed by atoms with Gasteiger partial charge in [-0.15, -0.1) is 0 Å². The van der Waals surface area contributed by atoms with Crippen molar-refractivity contribution < 1.29 is 133 Å². The maximum Gasteiger partial charge on any atom is 1.00 e. The molecule has 142 valence electrons. The molecule has 0 aliphatic heterocycles. The van der Waals surface area contributed by atoms with Gasteiger partial charge < -0.3 is 30.6 Å². The molecule has 0 aliphatic rings. The van der Waals surface area contributed by atoms with E-state index in [2.05, 4.69) is 12.2 Å². The second-order valence-corrected chi connectivity index (χ2v) is 5.93. The van der Waals surface area contributed by atoms with Crippen molar-refractivity contribution in [3.8, 4) is 0 Å². The van der Waals surface area contributed by atoms with E-state index in [0.717, 1.165) is 12.8 Å². The molecule has 0 radical (unpaired) electrons. The SMILES string of the molecule is CCCCCCCCCCCC(=O)N[C@@H](CCC(=O)[O-])C(=O)[O-].O.[K+].[K+]. The summed E-state index contributed by atoms with van der Waals surface area (Å²) >= 11 is 0. The number of hydrogen-bond acceptors (Lipinski definition) is 5. The third-order valence-electron chi connectivity index (χ3n) is 3.76. The van der Waals surface area contributed by atoms with E-state index >= 15 is 0 Å². The third kappa shape index (κ3) is 23.7. The molecule has 3 N–H and O–H groups in total. The molecule has 0 rings (SSSR count). The standard InChI is InChI=1S/C17H31NO5.2K.H2O/c1-2-3-4-5-6-7-8-9-10-11-15(19)18-14(17(22)23)12-13-16(20)21;;;/h14H,2-13H2,1H3,(H,18,19)(H,20,21)(H,22,23);;;1H2/q;2*+1;/p-2/t14-;;;/m0.../s1. The molecule has 0 saturated heterocycles. The fraction of sp³-hybridized carbons (Fsp3) is 0.824. The van der Waals surface area contributed by atoms with Crippen LogP contribution in [0.3, 0.4) is 0 Å². The Hall–Kier alpha value is 1.64. The van der Waals surface area contributed by atoms with Gasteiger partial charge in [0.2, 0.25) is 5.91 Å². The number of unbranched alkanes of at least 4 members (excludes halogenated alkanes) is 8. The summed E-state index contributed by atoms with van der Waals surface area (Å²) in [6.07, 6.45) is 9.82. The molecule has 0 bridgehead atoms. The summed E-state index contributed by atoms with van der Waals surface area (Å²) in [7, 11) is 0. The van der Waals surface area contributed by atoms with Crippen molar-refractivity contribution in [1.29, 1.82) is 0 Å². The minimum Gasteiger partial charge on any atom is -0.550 e. The Morgan fingerprint density at radius 3 is 1.69 bits per heavy atom. The number of amides is 1. The van der Waals surface area contributed by atoms with Crippen molar-refractivity contribution in [2.45, 2.75) is 90.0 Å². The van der Waals surface area contributed by atoms with Crippen LogP contribution in [0.25, 0.3) is 0 Å². The van der Waals surface area contributed by atoms with Gasteiger partial charge in [0, 0.05) is 12.4 Å². The predicted molar refractivity (Wildman–Crippen MR) is 86.6 cm³/mol. The molecule has 1 atom stereocenters. The Morgan fingerprint density at radius 2 is 1.27 bits per heavy atom. The first-order chi connectivity index (χ1) is 11.0. The average molecular weight is 424 g/mol. The normalized spacial score (nSPS) is 10.5. The molecule has 0 fully saturated rings. The van der Waals surface area contributed by atoms with Crippen LogP contribution in [0.1, 0.15) is 84.0 Å². The fourth-order valence-corrected chi connectivity index (χ4v) is 2.37. The van der Waals surface area contributed by atoms with Crippen LogP contribution in [-0.4, -0.2) is 29.4 Å². The summed E-state index contributed by atoms with van der Waals surface area (Å²) < 4.78 is 0. The number of aliphatic carboxylic acids is 2. The first-order valence-corrected chi connectivity index (χ1v) is 8.67. The first-order valence-electron chi connectivity index (χ1n) is 8.67. The average Bonchev–Trinajstić information content (AvgIpc) is 2.49. The Labute approximate surface area is 242 Å². The minimum absolute atomic E-state index is 0. The van der Waals surface area contributed by atoms with Crippen LogP contribution in [0.4, 0.5) is 0 Å². The van der Waals surface area contributed by atoms with Crippen LogP contribution in [0.15, 0.2) is 0 Å². The molecule has 0 aromatic heterocycles. The summed E-state index contributed by atoms with van der Waals surface area (Å²) in [6.45, 7) is 2.19. The van der Waals surface area contributed by atoms with Gasteiger partial charge in [-0.1, -0.05) is 58.3 Å². The van der Waals surface area contributed by atoms with E-state index in [-0.39, 0.29) is 127 Å². The molecule has 0 spiro atoms. The molecule has 0 heterocycles. The molecule has 9 heteroatoms. The zero-order valence-electron chi connectivity index (χ0n) is 16.6. The quantitative estimate of drug-likeness (QED) is 0.206. The topological polar surface area (TPSA) is 141 Å². The summed E-state index contributed by atoms with van der Waals surface area (Å²) in [5.74, 6) is -3.18.